The van der Waals surface area contributed by atoms with Crippen molar-refractivity contribution in [2.24, 2.45) is 0 Å². The molecule has 1 heterocycles. The lowest BCUT2D eigenvalue weighted by atomic mass is 10.2. The molecule has 1 aromatic carbocycles. The number of amides is 3. The lowest BCUT2D eigenvalue weighted by molar-refractivity contribution is -0.142. The maximum Gasteiger partial charge on any atom is 0.240 e. The van der Waals surface area contributed by atoms with Gasteiger partial charge in [0.15, 0.2) is 0 Å². The molecule has 1 aliphatic heterocycles. The Morgan fingerprint density at radius 1 is 1.27 bits per heavy atom. The van der Waals surface area contributed by atoms with E-state index in [4.69, 9.17) is 4.74 Å². The number of hydrogen-bond donors (Lipinski definition) is 1. The maximum absolute atomic E-state index is 11.7. The molecule has 0 bridgehead atoms. The van der Waals surface area contributed by atoms with Crippen molar-refractivity contribution in [1.82, 2.24) is 10.2 Å². The molecule has 0 aromatic heterocycles. The van der Waals surface area contributed by atoms with Gasteiger partial charge in [-0.3, -0.25) is 19.3 Å². The molecule has 1 aliphatic rings. The molecule has 1 saturated heterocycles. The van der Waals surface area contributed by atoms with Crippen molar-refractivity contribution in [3.63, 3.8) is 0 Å². The summed E-state index contributed by atoms with van der Waals surface area (Å²) in [6.45, 7) is -0.110. The summed E-state index contributed by atoms with van der Waals surface area (Å²) in [6.07, 6.45) is 0.361. The first-order chi connectivity index (χ1) is 10.6. The molecule has 0 radical (unpaired) electrons. The minimum atomic E-state index is -0.405. The van der Waals surface area contributed by atoms with Crippen LogP contribution in [0.1, 0.15) is 18.4 Å². The minimum Gasteiger partial charge on any atom is -0.495 e. The van der Waals surface area contributed by atoms with Gasteiger partial charge in [-0.25, -0.2) is 0 Å². The van der Waals surface area contributed by atoms with Crippen LogP contribution in [0, 0.1) is 11.8 Å². The highest BCUT2D eigenvalue weighted by molar-refractivity contribution is 6.04. The van der Waals surface area contributed by atoms with Gasteiger partial charge in [0.25, 0.3) is 0 Å². The standard InChI is InChI=1S/C16H16N2O4/c1-22-13-7-3-2-5-12(13)6-4-10-17-14(19)11-18-15(20)8-9-16(18)21/h2-3,5,7H,8-11H2,1H3,(H,17,19). The second-order valence-corrected chi connectivity index (χ2v) is 4.65. The van der Waals surface area contributed by atoms with Gasteiger partial charge >= 0.3 is 0 Å². The smallest absolute Gasteiger partial charge is 0.240 e. The highest BCUT2D eigenvalue weighted by atomic mass is 16.5. The van der Waals surface area contributed by atoms with Crippen molar-refractivity contribution in [3.05, 3.63) is 29.8 Å². The van der Waals surface area contributed by atoms with Crippen LogP contribution in [0.25, 0.3) is 0 Å². The molecular weight excluding hydrogens is 284 g/mol. The zero-order valence-corrected chi connectivity index (χ0v) is 12.2. The number of para-hydroxylation sites is 1. The highest BCUT2D eigenvalue weighted by Gasteiger charge is 2.30. The summed E-state index contributed by atoms with van der Waals surface area (Å²) in [5, 5.41) is 2.56. The Kier molecular flexibility index (Phi) is 5.15. The number of carbonyl (C=O) groups is 3. The van der Waals surface area contributed by atoms with Crippen LogP contribution in [-0.4, -0.2) is 42.8 Å². The molecule has 114 valence electrons. The molecule has 2 rings (SSSR count). The Morgan fingerprint density at radius 3 is 2.64 bits per heavy atom. The number of imide groups is 1. The lowest BCUT2D eigenvalue weighted by Crippen LogP contribution is -2.40. The van der Waals surface area contributed by atoms with Crippen LogP contribution < -0.4 is 10.1 Å². The average Bonchev–Trinajstić information content (AvgIpc) is 2.84. The number of nitrogens with zero attached hydrogens (tertiary/aromatic N) is 1. The normalized spacial score (nSPS) is 13.6. The Balaban J connectivity index is 1.84. The van der Waals surface area contributed by atoms with Crippen LogP contribution in [0.3, 0.4) is 0 Å². The maximum atomic E-state index is 11.7. The third-order valence-corrected chi connectivity index (χ3v) is 3.16. The van der Waals surface area contributed by atoms with Crippen molar-refractivity contribution in [1.29, 1.82) is 0 Å². The van der Waals surface area contributed by atoms with E-state index in [1.165, 1.54) is 0 Å². The van der Waals surface area contributed by atoms with E-state index in [9.17, 15) is 14.4 Å². The molecule has 6 heteroatoms. The van der Waals surface area contributed by atoms with E-state index < -0.39 is 5.91 Å². The Hall–Kier alpha value is -2.81. The predicted octanol–water partition coefficient (Wildman–Crippen LogP) is 0.312. The van der Waals surface area contributed by atoms with Crippen molar-refractivity contribution in [3.8, 4) is 17.6 Å². The van der Waals surface area contributed by atoms with E-state index in [0.29, 0.717) is 5.75 Å². The summed E-state index contributed by atoms with van der Waals surface area (Å²) in [7, 11) is 1.56. The first-order valence-electron chi connectivity index (χ1n) is 6.83. The summed E-state index contributed by atoms with van der Waals surface area (Å²) in [4.78, 5) is 35.4. The van der Waals surface area contributed by atoms with Crippen molar-refractivity contribution in [2.45, 2.75) is 12.8 Å². The van der Waals surface area contributed by atoms with Crippen LogP contribution >= 0.6 is 0 Å². The number of benzene rings is 1. The van der Waals surface area contributed by atoms with Gasteiger partial charge in [-0.1, -0.05) is 24.0 Å². The zero-order chi connectivity index (χ0) is 15.9. The SMILES string of the molecule is COc1ccccc1C#CCNC(=O)CN1C(=O)CCC1=O. The van der Waals surface area contributed by atoms with Crippen LogP contribution in [-0.2, 0) is 14.4 Å². The number of hydrogen-bond acceptors (Lipinski definition) is 4. The van der Waals surface area contributed by atoms with Crippen molar-refractivity contribution < 1.29 is 19.1 Å². The fraction of sp³-hybridized carbons (Fsp3) is 0.312. The first-order valence-corrected chi connectivity index (χ1v) is 6.83. The molecule has 22 heavy (non-hydrogen) atoms. The number of rotatable bonds is 4. The molecule has 0 aliphatic carbocycles. The molecule has 1 aromatic rings. The fourth-order valence-corrected chi connectivity index (χ4v) is 2.03. The third kappa shape index (κ3) is 3.85. The van der Waals surface area contributed by atoms with E-state index >= 15 is 0 Å². The molecule has 0 spiro atoms. The predicted molar refractivity (Wildman–Crippen MR) is 78.8 cm³/mol. The molecule has 0 atom stereocenters. The largest absolute Gasteiger partial charge is 0.495 e. The van der Waals surface area contributed by atoms with Crippen LogP contribution in [0.5, 0.6) is 5.75 Å². The summed E-state index contributed by atoms with van der Waals surface area (Å²) in [6, 6.07) is 7.30. The van der Waals surface area contributed by atoms with Gasteiger partial charge in [0.05, 0.1) is 19.2 Å². The van der Waals surface area contributed by atoms with E-state index in [-0.39, 0.29) is 37.7 Å². The molecule has 1 fully saturated rings. The number of ether oxygens (including phenoxy) is 1. The van der Waals surface area contributed by atoms with E-state index in [1.807, 2.05) is 18.2 Å². The number of methoxy groups -OCH3 is 1. The molecule has 6 nitrogen and oxygen atoms in total. The number of carbonyl (C=O) groups excluding carboxylic acids is 3. The minimum absolute atomic E-state index is 0.132. The second-order valence-electron chi connectivity index (χ2n) is 4.65. The van der Waals surface area contributed by atoms with Crippen LogP contribution in [0.15, 0.2) is 24.3 Å². The van der Waals surface area contributed by atoms with E-state index in [1.54, 1.807) is 13.2 Å². The highest BCUT2D eigenvalue weighted by Crippen LogP contribution is 2.15. The Labute approximate surface area is 128 Å². The zero-order valence-electron chi connectivity index (χ0n) is 12.2. The van der Waals surface area contributed by atoms with Crippen molar-refractivity contribution in [2.75, 3.05) is 20.2 Å². The summed E-state index contributed by atoms with van der Waals surface area (Å²) >= 11 is 0. The van der Waals surface area contributed by atoms with Gasteiger partial charge in [0.1, 0.15) is 12.3 Å². The number of likely N-dealkylation sites (tertiary alicyclic amines) is 1. The average molecular weight is 300 g/mol. The van der Waals surface area contributed by atoms with E-state index in [0.717, 1.165) is 10.5 Å². The topological polar surface area (TPSA) is 75.7 Å². The molecule has 3 amide bonds. The monoisotopic (exact) mass is 300 g/mol. The lowest BCUT2D eigenvalue weighted by Gasteiger charge is -2.12. The van der Waals surface area contributed by atoms with Crippen LogP contribution in [0.2, 0.25) is 0 Å². The van der Waals surface area contributed by atoms with Crippen molar-refractivity contribution >= 4 is 17.7 Å². The summed E-state index contributed by atoms with van der Waals surface area (Å²) in [5.41, 5.74) is 0.726. The Morgan fingerprint density at radius 2 is 1.95 bits per heavy atom. The summed E-state index contributed by atoms with van der Waals surface area (Å²) in [5.74, 6) is 5.34. The van der Waals surface area contributed by atoms with Gasteiger partial charge < -0.3 is 10.1 Å². The van der Waals surface area contributed by atoms with Gasteiger partial charge in [0.2, 0.25) is 17.7 Å². The second kappa shape index (κ2) is 7.27. The molecule has 1 N–H and O–H groups in total. The third-order valence-electron chi connectivity index (χ3n) is 3.16. The molecule has 0 saturated carbocycles. The fourth-order valence-electron chi connectivity index (χ4n) is 2.03. The van der Waals surface area contributed by atoms with Gasteiger partial charge in [-0.15, -0.1) is 0 Å². The first kappa shape index (κ1) is 15.6. The van der Waals surface area contributed by atoms with Gasteiger partial charge in [-0.05, 0) is 12.1 Å². The quantitative estimate of drug-likeness (QED) is 0.641. The number of nitrogens with one attached hydrogen (secondary N) is 1. The van der Waals surface area contributed by atoms with Gasteiger partial charge in [0, 0.05) is 12.8 Å². The molecular formula is C16H16N2O4. The van der Waals surface area contributed by atoms with Crippen LogP contribution in [0.4, 0.5) is 0 Å². The Bertz CT molecular complexity index is 642. The molecule has 0 unspecified atom stereocenters. The summed E-state index contributed by atoms with van der Waals surface area (Å²) < 4.78 is 5.16. The van der Waals surface area contributed by atoms with Gasteiger partial charge in [-0.2, -0.15) is 0 Å². The van der Waals surface area contributed by atoms with E-state index in [2.05, 4.69) is 17.2 Å².